The molecule has 7 heteroatoms. The molecule has 23 heavy (non-hydrogen) atoms. The number of H-pyrrole nitrogens is 1. The van der Waals surface area contributed by atoms with Gasteiger partial charge in [0.2, 0.25) is 0 Å². The van der Waals surface area contributed by atoms with Crippen molar-refractivity contribution in [3.8, 4) is 11.5 Å². The van der Waals surface area contributed by atoms with Gasteiger partial charge in [-0.3, -0.25) is 5.41 Å². The van der Waals surface area contributed by atoms with Gasteiger partial charge in [0.1, 0.15) is 11.6 Å². The lowest BCUT2D eigenvalue weighted by Gasteiger charge is -2.11. The number of nitrogens with one attached hydrogen (secondary N) is 2. The molecule has 3 rings (SSSR count). The second-order valence-corrected chi connectivity index (χ2v) is 6.33. The third kappa shape index (κ3) is 2.98. The summed E-state index contributed by atoms with van der Waals surface area (Å²) < 4.78 is 34.1. The van der Waals surface area contributed by atoms with Crippen LogP contribution in [-0.2, 0) is 0 Å². The first kappa shape index (κ1) is 16.0. The number of fused-ring (bicyclic) bond motifs is 1. The third-order valence-electron chi connectivity index (χ3n) is 3.31. The van der Waals surface area contributed by atoms with Crippen molar-refractivity contribution in [1.82, 2.24) is 4.98 Å². The molecule has 0 spiro atoms. The summed E-state index contributed by atoms with van der Waals surface area (Å²) in [4.78, 5) is 2.93. The van der Waals surface area contributed by atoms with Gasteiger partial charge in [0.25, 0.3) is 0 Å². The number of ether oxygens (including phenoxy) is 1. The van der Waals surface area contributed by atoms with Gasteiger partial charge in [-0.2, -0.15) is 0 Å². The molecule has 1 aromatic heterocycles. The van der Waals surface area contributed by atoms with Crippen LogP contribution in [0.4, 0.5) is 8.78 Å². The Labute approximate surface area is 143 Å². The smallest absolute Gasteiger partial charge is 0.177 e. The number of hydrogen-bond acceptors (Lipinski definition) is 3. The fraction of sp³-hybridized carbons (Fsp3) is 0.0625. The van der Waals surface area contributed by atoms with Crippen molar-refractivity contribution >= 4 is 43.6 Å². The fourth-order valence-corrected chi connectivity index (χ4v) is 3.17. The fourth-order valence-electron chi connectivity index (χ4n) is 2.18. The highest BCUT2D eigenvalue weighted by Crippen LogP contribution is 2.38. The number of hydrogen-bond donors (Lipinski definition) is 2. The van der Waals surface area contributed by atoms with Crippen LogP contribution in [0.5, 0.6) is 11.5 Å². The van der Waals surface area contributed by atoms with E-state index < -0.39 is 11.6 Å². The maximum Gasteiger partial charge on any atom is 0.177 e. The second kappa shape index (κ2) is 6.33. The molecule has 3 nitrogen and oxygen atoms in total. The minimum Gasteiger partial charge on any atom is -0.453 e. The van der Waals surface area contributed by atoms with Gasteiger partial charge in [-0.05, 0) is 46.5 Å². The monoisotopic (exact) mass is 396 g/mol. The molecule has 0 bridgehead atoms. The lowest BCUT2D eigenvalue weighted by molar-refractivity contribution is 0.439. The summed E-state index contributed by atoms with van der Waals surface area (Å²) in [6.07, 6.45) is 3.39. The highest BCUT2D eigenvalue weighted by molar-refractivity contribution is 9.10. The lowest BCUT2D eigenvalue weighted by Crippen LogP contribution is -1.98. The highest BCUT2D eigenvalue weighted by Gasteiger charge is 2.16. The summed E-state index contributed by atoms with van der Waals surface area (Å²) in [6.45, 7) is 0. The second-order valence-electron chi connectivity index (χ2n) is 4.72. The van der Waals surface area contributed by atoms with Crippen LogP contribution in [0.1, 0.15) is 5.56 Å². The van der Waals surface area contributed by atoms with Crippen molar-refractivity contribution in [2.24, 2.45) is 0 Å². The maximum atomic E-state index is 14.3. The highest BCUT2D eigenvalue weighted by atomic mass is 79.9. The molecule has 2 N–H and O–H groups in total. The van der Waals surface area contributed by atoms with Gasteiger partial charge in [0, 0.05) is 28.7 Å². The summed E-state index contributed by atoms with van der Waals surface area (Å²) >= 11 is 4.46. The number of benzene rings is 2. The first-order valence-corrected chi connectivity index (χ1v) is 8.58. The van der Waals surface area contributed by atoms with Crippen LogP contribution in [0.2, 0.25) is 0 Å². The van der Waals surface area contributed by atoms with E-state index in [-0.39, 0.29) is 22.1 Å². The molecule has 0 saturated heterocycles. The Hall–Kier alpha value is -1.86. The van der Waals surface area contributed by atoms with Crippen LogP contribution < -0.4 is 4.74 Å². The maximum absolute atomic E-state index is 14.3. The molecule has 0 aliphatic rings. The zero-order valence-electron chi connectivity index (χ0n) is 11.9. The molecule has 3 aromatic rings. The molecule has 118 valence electrons. The van der Waals surface area contributed by atoms with E-state index in [4.69, 9.17) is 10.1 Å². The van der Waals surface area contributed by atoms with Gasteiger partial charge in [-0.25, -0.2) is 8.78 Å². The summed E-state index contributed by atoms with van der Waals surface area (Å²) in [5.74, 6) is -0.782. The quantitative estimate of drug-likeness (QED) is 0.441. The summed E-state index contributed by atoms with van der Waals surface area (Å²) in [5, 5.41) is 8.60. The Morgan fingerprint density at radius 1 is 1.22 bits per heavy atom. The van der Waals surface area contributed by atoms with E-state index >= 15 is 0 Å². The van der Waals surface area contributed by atoms with E-state index in [0.717, 1.165) is 17.1 Å². The predicted molar refractivity (Wildman–Crippen MR) is 92.8 cm³/mol. The van der Waals surface area contributed by atoms with Gasteiger partial charge >= 0.3 is 0 Å². The molecule has 0 unspecified atom stereocenters. The SMILES string of the molecule is CSC(=N)c1cc(Oc2c(F)cc3[nH]ccc3c2Br)ccc1F. The van der Waals surface area contributed by atoms with E-state index in [1.165, 1.54) is 24.3 Å². The molecule has 1 heterocycles. The Bertz CT molecular complexity index is 910. The standard InChI is InChI=1S/C16H11BrF2N2OS/c1-23-16(20)10-6-8(2-3-11(10)18)22-15-12(19)7-13-9(14(15)17)4-5-21-13/h2-7,20-21H,1H3. The number of thioether (sulfide) groups is 1. The normalized spacial score (nSPS) is 11.0. The molecular formula is C16H11BrF2N2OS. The van der Waals surface area contributed by atoms with Crippen LogP contribution in [0.25, 0.3) is 10.9 Å². The van der Waals surface area contributed by atoms with Crippen LogP contribution in [-0.4, -0.2) is 16.3 Å². The largest absolute Gasteiger partial charge is 0.453 e. The van der Waals surface area contributed by atoms with Crippen molar-refractivity contribution in [2.45, 2.75) is 0 Å². The van der Waals surface area contributed by atoms with E-state index in [2.05, 4.69) is 20.9 Å². The molecule has 0 radical (unpaired) electrons. The molecule has 0 aliphatic carbocycles. The third-order valence-corrected chi connectivity index (χ3v) is 4.72. The van der Waals surface area contributed by atoms with Crippen molar-refractivity contribution in [3.63, 3.8) is 0 Å². The summed E-state index contributed by atoms with van der Waals surface area (Å²) in [5.41, 5.74) is 0.764. The number of halogens is 3. The number of aromatic nitrogens is 1. The van der Waals surface area contributed by atoms with Gasteiger partial charge in [0.05, 0.1) is 9.52 Å². The van der Waals surface area contributed by atoms with Crippen LogP contribution >= 0.6 is 27.7 Å². The van der Waals surface area contributed by atoms with E-state index in [1.807, 2.05) is 0 Å². The zero-order valence-corrected chi connectivity index (χ0v) is 14.3. The average Bonchev–Trinajstić information content (AvgIpc) is 3.00. The minimum atomic E-state index is -0.544. The van der Waals surface area contributed by atoms with Crippen molar-refractivity contribution in [2.75, 3.05) is 6.26 Å². The minimum absolute atomic E-state index is 0.0188. The van der Waals surface area contributed by atoms with Crippen molar-refractivity contribution < 1.29 is 13.5 Å². The van der Waals surface area contributed by atoms with Crippen molar-refractivity contribution in [1.29, 1.82) is 5.41 Å². The van der Waals surface area contributed by atoms with Gasteiger partial charge in [0.15, 0.2) is 11.6 Å². The van der Waals surface area contributed by atoms with Crippen LogP contribution in [0.3, 0.4) is 0 Å². The Morgan fingerprint density at radius 2 is 2.00 bits per heavy atom. The zero-order chi connectivity index (χ0) is 16.6. The molecule has 0 aliphatic heterocycles. The van der Waals surface area contributed by atoms with Gasteiger partial charge in [-0.1, -0.05) is 0 Å². The van der Waals surface area contributed by atoms with E-state index in [1.54, 1.807) is 18.5 Å². The molecule has 0 fully saturated rings. The Morgan fingerprint density at radius 3 is 2.74 bits per heavy atom. The molecule has 2 aromatic carbocycles. The summed E-state index contributed by atoms with van der Waals surface area (Å²) in [6, 6.07) is 7.13. The summed E-state index contributed by atoms with van der Waals surface area (Å²) in [7, 11) is 0. The predicted octanol–water partition coefficient (Wildman–Crippen LogP) is 5.69. The van der Waals surface area contributed by atoms with E-state index in [0.29, 0.717) is 9.99 Å². The van der Waals surface area contributed by atoms with Gasteiger partial charge in [-0.15, -0.1) is 11.8 Å². The first-order valence-electron chi connectivity index (χ1n) is 6.56. The Balaban J connectivity index is 2.04. The van der Waals surface area contributed by atoms with E-state index in [9.17, 15) is 8.78 Å². The van der Waals surface area contributed by atoms with Crippen LogP contribution in [0, 0.1) is 17.0 Å². The average molecular weight is 397 g/mol. The first-order chi connectivity index (χ1) is 11.0. The lowest BCUT2D eigenvalue weighted by atomic mass is 10.2. The molecule has 0 saturated carbocycles. The topological polar surface area (TPSA) is 48.9 Å². The van der Waals surface area contributed by atoms with Crippen LogP contribution in [0.15, 0.2) is 41.0 Å². The number of aromatic amines is 1. The van der Waals surface area contributed by atoms with Gasteiger partial charge < -0.3 is 9.72 Å². The Kier molecular flexibility index (Phi) is 4.41. The number of rotatable bonds is 3. The molecule has 0 amide bonds. The molecule has 0 atom stereocenters. The molecular weight excluding hydrogens is 386 g/mol. The van der Waals surface area contributed by atoms with Crippen molar-refractivity contribution in [3.05, 3.63) is 58.2 Å².